The van der Waals surface area contributed by atoms with Gasteiger partial charge in [0.15, 0.2) is 6.10 Å². The summed E-state index contributed by atoms with van der Waals surface area (Å²) in [6.07, 6.45) is -0.903. The Morgan fingerprint density at radius 2 is 1.71 bits per heavy atom. The van der Waals surface area contributed by atoms with E-state index in [0.717, 1.165) is 10.0 Å². The first kappa shape index (κ1) is 18.2. The largest absolute Gasteiger partial charge is 0.449 e. The van der Waals surface area contributed by atoms with Crippen molar-refractivity contribution in [1.82, 2.24) is 0 Å². The van der Waals surface area contributed by atoms with E-state index >= 15 is 0 Å². The van der Waals surface area contributed by atoms with Gasteiger partial charge in [-0.1, -0.05) is 28.1 Å². The molecule has 0 heterocycles. The van der Waals surface area contributed by atoms with Crippen molar-refractivity contribution < 1.29 is 19.1 Å². The van der Waals surface area contributed by atoms with E-state index in [0.29, 0.717) is 17.9 Å². The Hall–Kier alpha value is -2.18. The number of carbonyl (C=O) groups is 2. The molecule has 6 heteroatoms. The van der Waals surface area contributed by atoms with Gasteiger partial charge >= 0.3 is 5.97 Å². The van der Waals surface area contributed by atoms with Crippen LogP contribution in [0.3, 0.4) is 0 Å². The van der Waals surface area contributed by atoms with Crippen LogP contribution in [-0.2, 0) is 20.9 Å². The van der Waals surface area contributed by atoms with Gasteiger partial charge in [-0.05, 0) is 48.9 Å². The average Bonchev–Trinajstić information content (AvgIpc) is 2.57. The van der Waals surface area contributed by atoms with Crippen molar-refractivity contribution in [1.29, 1.82) is 0 Å². The molecular formula is C18H18BrNO4. The fourth-order valence-electron chi connectivity index (χ4n) is 1.96. The number of ether oxygens (including phenoxy) is 2. The summed E-state index contributed by atoms with van der Waals surface area (Å²) in [4.78, 5) is 24.2. The van der Waals surface area contributed by atoms with Crippen molar-refractivity contribution in [2.45, 2.75) is 19.6 Å². The first-order valence-corrected chi connectivity index (χ1v) is 8.14. The van der Waals surface area contributed by atoms with Gasteiger partial charge in [-0.15, -0.1) is 0 Å². The van der Waals surface area contributed by atoms with Crippen LogP contribution in [0, 0.1) is 0 Å². The van der Waals surface area contributed by atoms with Crippen molar-refractivity contribution in [2.75, 3.05) is 12.4 Å². The molecule has 0 aliphatic rings. The molecule has 2 aromatic rings. The molecule has 0 unspecified atom stereocenters. The Labute approximate surface area is 149 Å². The number of methoxy groups -OCH3 is 1. The number of benzene rings is 2. The van der Waals surface area contributed by atoms with E-state index in [1.165, 1.54) is 6.92 Å². The van der Waals surface area contributed by atoms with E-state index in [4.69, 9.17) is 9.47 Å². The molecule has 0 aromatic heterocycles. The molecule has 0 fully saturated rings. The topological polar surface area (TPSA) is 64.6 Å². The maximum atomic E-state index is 12.1. The Morgan fingerprint density at radius 3 is 2.29 bits per heavy atom. The summed E-state index contributed by atoms with van der Waals surface area (Å²) < 4.78 is 11.1. The highest BCUT2D eigenvalue weighted by Gasteiger charge is 2.19. The third-order valence-electron chi connectivity index (χ3n) is 3.27. The van der Waals surface area contributed by atoms with Gasteiger partial charge < -0.3 is 14.8 Å². The molecule has 2 rings (SSSR count). The standard InChI is InChI=1S/C18H18BrNO4/c1-12(17(21)20-16-9-7-15(19)8-10-16)24-18(22)14-5-3-13(4-6-14)11-23-2/h3-10,12H,11H2,1-2H3,(H,20,21)/t12-/m0/s1. The summed E-state index contributed by atoms with van der Waals surface area (Å²) in [5.74, 6) is -0.931. The van der Waals surface area contributed by atoms with E-state index in [1.54, 1.807) is 43.5 Å². The van der Waals surface area contributed by atoms with Crippen LogP contribution in [-0.4, -0.2) is 25.1 Å². The van der Waals surface area contributed by atoms with Crippen LogP contribution >= 0.6 is 15.9 Å². The predicted molar refractivity (Wildman–Crippen MR) is 94.8 cm³/mol. The van der Waals surface area contributed by atoms with Crippen LogP contribution in [0.1, 0.15) is 22.8 Å². The molecular weight excluding hydrogens is 374 g/mol. The van der Waals surface area contributed by atoms with E-state index in [9.17, 15) is 9.59 Å². The summed E-state index contributed by atoms with van der Waals surface area (Å²) in [5.41, 5.74) is 1.98. The number of nitrogens with one attached hydrogen (secondary N) is 1. The zero-order chi connectivity index (χ0) is 17.5. The van der Waals surface area contributed by atoms with Gasteiger partial charge in [0.1, 0.15) is 0 Å². The normalized spacial score (nSPS) is 11.6. The first-order valence-electron chi connectivity index (χ1n) is 7.35. The highest BCUT2D eigenvalue weighted by molar-refractivity contribution is 9.10. The summed E-state index contributed by atoms with van der Waals surface area (Å²) in [5, 5.41) is 2.70. The Kier molecular flexibility index (Phi) is 6.52. The molecule has 2 aromatic carbocycles. The van der Waals surface area contributed by atoms with Crippen molar-refractivity contribution in [2.24, 2.45) is 0 Å². The fraction of sp³-hybridized carbons (Fsp3) is 0.222. The summed E-state index contributed by atoms with van der Waals surface area (Å²) in [7, 11) is 1.61. The zero-order valence-electron chi connectivity index (χ0n) is 13.4. The van der Waals surface area contributed by atoms with Crippen molar-refractivity contribution in [3.63, 3.8) is 0 Å². The van der Waals surface area contributed by atoms with Crippen LogP contribution in [0.15, 0.2) is 53.0 Å². The molecule has 5 nitrogen and oxygen atoms in total. The zero-order valence-corrected chi connectivity index (χ0v) is 15.0. The first-order chi connectivity index (χ1) is 11.5. The lowest BCUT2D eigenvalue weighted by Gasteiger charge is -2.14. The quantitative estimate of drug-likeness (QED) is 0.760. The number of carbonyl (C=O) groups excluding carboxylic acids is 2. The van der Waals surface area contributed by atoms with Gasteiger partial charge in [0, 0.05) is 17.3 Å². The lowest BCUT2D eigenvalue weighted by atomic mass is 10.1. The Morgan fingerprint density at radius 1 is 1.08 bits per heavy atom. The molecule has 0 aliphatic heterocycles. The van der Waals surface area contributed by atoms with Gasteiger partial charge in [-0.3, -0.25) is 4.79 Å². The third kappa shape index (κ3) is 5.18. The van der Waals surface area contributed by atoms with E-state index < -0.39 is 12.1 Å². The molecule has 0 aliphatic carbocycles. The molecule has 0 spiro atoms. The predicted octanol–water partition coefficient (Wildman–Crippen LogP) is 3.78. The number of anilines is 1. The van der Waals surface area contributed by atoms with Gasteiger partial charge in [-0.2, -0.15) is 0 Å². The smallest absolute Gasteiger partial charge is 0.338 e. The highest BCUT2D eigenvalue weighted by Crippen LogP contribution is 2.15. The number of esters is 1. The number of hydrogen-bond donors (Lipinski definition) is 1. The maximum Gasteiger partial charge on any atom is 0.338 e. The molecule has 1 amide bonds. The van der Waals surface area contributed by atoms with Gasteiger partial charge in [-0.25, -0.2) is 4.79 Å². The second kappa shape index (κ2) is 8.61. The minimum absolute atomic E-state index is 0.387. The van der Waals surface area contributed by atoms with Gasteiger partial charge in [0.05, 0.1) is 12.2 Å². The van der Waals surface area contributed by atoms with Crippen LogP contribution < -0.4 is 5.32 Å². The van der Waals surface area contributed by atoms with Crippen molar-refractivity contribution in [3.8, 4) is 0 Å². The van der Waals surface area contributed by atoms with Gasteiger partial charge in [0.25, 0.3) is 5.91 Å². The van der Waals surface area contributed by atoms with Crippen LogP contribution in [0.2, 0.25) is 0 Å². The van der Waals surface area contributed by atoms with Crippen molar-refractivity contribution >= 4 is 33.5 Å². The summed E-state index contributed by atoms with van der Waals surface area (Å²) >= 11 is 3.32. The minimum atomic E-state index is -0.903. The molecule has 0 bridgehead atoms. The summed E-state index contributed by atoms with van der Waals surface area (Å²) in [6.45, 7) is 2.01. The Balaban J connectivity index is 1.92. The van der Waals surface area contributed by atoms with E-state index in [1.807, 2.05) is 12.1 Å². The lowest BCUT2D eigenvalue weighted by Crippen LogP contribution is -2.30. The molecule has 0 saturated heterocycles. The van der Waals surface area contributed by atoms with E-state index in [2.05, 4.69) is 21.2 Å². The number of amides is 1. The van der Waals surface area contributed by atoms with E-state index in [-0.39, 0.29) is 5.91 Å². The average molecular weight is 392 g/mol. The maximum absolute atomic E-state index is 12.1. The number of hydrogen-bond acceptors (Lipinski definition) is 4. The molecule has 24 heavy (non-hydrogen) atoms. The lowest BCUT2D eigenvalue weighted by molar-refractivity contribution is -0.123. The van der Waals surface area contributed by atoms with Crippen LogP contribution in [0.4, 0.5) is 5.69 Å². The molecule has 1 atom stereocenters. The minimum Gasteiger partial charge on any atom is -0.449 e. The SMILES string of the molecule is COCc1ccc(C(=O)O[C@@H](C)C(=O)Nc2ccc(Br)cc2)cc1. The monoisotopic (exact) mass is 391 g/mol. The number of halogens is 1. The number of rotatable bonds is 6. The molecule has 126 valence electrons. The third-order valence-corrected chi connectivity index (χ3v) is 3.79. The molecule has 0 radical (unpaired) electrons. The second-order valence-corrected chi connectivity index (χ2v) is 6.09. The highest BCUT2D eigenvalue weighted by atomic mass is 79.9. The summed E-state index contributed by atoms with van der Waals surface area (Å²) in [6, 6.07) is 14.0. The fourth-order valence-corrected chi connectivity index (χ4v) is 2.23. The van der Waals surface area contributed by atoms with Crippen molar-refractivity contribution in [3.05, 3.63) is 64.1 Å². The van der Waals surface area contributed by atoms with Crippen LogP contribution in [0.5, 0.6) is 0 Å². The van der Waals surface area contributed by atoms with Crippen LogP contribution in [0.25, 0.3) is 0 Å². The second-order valence-electron chi connectivity index (χ2n) is 5.17. The molecule has 1 N–H and O–H groups in total. The molecule has 0 saturated carbocycles. The Bertz CT molecular complexity index is 698. The van der Waals surface area contributed by atoms with Gasteiger partial charge in [0.2, 0.25) is 0 Å².